The fraction of sp³-hybridized carbons (Fsp3) is 0.300. The standard InChI is InChI=1S/C20H22N4/c1-22-19(23-14-17-7-5-6-16(12-17)13-21)24-15-20(10-11-20)18-8-3-2-4-9-18/h2-9,12H,10-11,14-15H2,1H3,(H2,22,23,24). The summed E-state index contributed by atoms with van der Waals surface area (Å²) in [5, 5.41) is 15.7. The molecule has 2 aromatic rings. The molecule has 0 heterocycles. The molecule has 2 N–H and O–H groups in total. The van der Waals surface area contributed by atoms with Crippen LogP contribution in [0.25, 0.3) is 0 Å². The van der Waals surface area contributed by atoms with E-state index in [0.29, 0.717) is 12.1 Å². The first kappa shape index (κ1) is 16.1. The van der Waals surface area contributed by atoms with Crippen LogP contribution in [-0.2, 0) is 12.0 Å². The van der Waals surface area contributed by atoms with Crippen molar-refractivity contribution >= 4 is 5.96 Å². The van der Waals surface area contributed by atoms with E-state index in [0.717, 1.165) is 18.1 Å². The van der Waals surface area contributed by atoms with Crippen LogP contribution < -0.4 is 10.6 Å². The molecule has 3 rings (SSSR count). The fourth-order valence-electron chi connectivity index (χ4n) is 2.92. The van der Waals surface area contributed by atoms with Crippen molar-refractivity contribution < 1.29 is 0 Å². The molecular formula is C20H22N4. The maximum atomic E-state index is 8.97. The Morgan fingerprint density at radius 1 is 1.12 bits per heavy atom. The summed E-state index contributed by atoms with van der Waals surface area (Å²) in [6, 6.07) is 20.5. The number of aliphatic imine (C=N–C) groups is 1. The van der Waals surface area contributed by atoms with Crippen molar-refractivity contribution in [1.82, 2.24) is 10.6 Å². The normalized spacial score (nSPS) is 15.4. The molecular weight excluding hydrogens is 296 g/mol. The van der Waals surface area contributed by atoms with E-state index in [1.165, 1.54) is 18.4 Å². The van der Waals surface area contributed by atoms with Crippen molar-refractivity contribution in [1.29, 1.82) is 5.26 Å². The molecule has 4 heteroatoms. The van der Waals surface area contributed by atoms with Gasteiger partial charge in [0, 0.05) is 25.6 Å². The Labute approximate surface area is 143 Å². The number of hydrogen-bond donors (Lipinski definition) is 2. The van der Waals surface area contributed by atoms with Crippen molar-refractivity contribution in [2.45, 2.75) is 24.8 Å². The SMILES string of the molecule is CN=C(NCc1cccc(C#N)c1)NCC1(c2ccccc2)CC1. The molecule has 0 amide bonds. The molecule has 0 unspecified atom stereocenters. The van der Waals surface area contributed by atoms with Gasteiger partial charge in [-0.15, -0.1) is 0 Å². The minimum Gasteiger partial charge on any atom is -0.356 e. The molecule has 24 heavy (non-hydrogen) atoms. The Balaban J connectivity index is 1.55. The van der Waals surface area contributed by atoms with Crippen LogP contribution in [0.4, 0.5) is 0 Å². The van der Waals surface area contributed by atoms with Gasteiger partial charge in [0.05, 0.1) is 11.6 Å². The van der Waals surface area contributed by atoms with Gasteiger partial charge in [-0.3, -0.25) is 4.99 Å². The molecule has 1 aliphatic carbocycles. The van der Waals surface area contributed by atoms with Crippen LogP contribution >= 0.6 is 0 Å². The number of rotatable bonds is 5. The zero-order valence-corrected chi connectivity index (χ0v) is 13.9. The van der Waals surface area contributed by atoms with Crippen molar-refractivity contribution in [2.24, 2.45) is 4.99 Å². The van der Waals surface area contributed by atoms with Gasteiger partial charge in [-0.2, -0.15) is 5.26 Å². The number of nitrogens with zero attached hydrogens (tertiary/aromatic N) is 2. The van der Waals surface area contributed by atoms with Gasteiger partial charge in [0.15, 0.2) is 5.96 Å². The zero-order chi connectivity index (χ0) is 16.8. The summed E-state index contributed by atoms with van der Waals surface area (Å²) in [7, 11) is 1.78. The average molecular weight is 318 g/mol. The Hall–Kier alpha value is -2.80. The summed E-state index contributed by atoms with van der Waals surface area (Å²) >= 11 is 0. The molecule has 0 atom stereocenters. The topological polar surface area (TPSA) is 60.2 Å². The van der Waals surface area contributed by atoms with Gasteiger partial charge in [0.1, 0.15) is 0 Å². The predicted molar refractivity (Wildman–Crippen MR) is 96.7 cm³/mol. The third-order valence-corrected chi connectivity index (χ3v) is 4.57. The van der Waals surface area contributed by atoms with E-state index in [9.17, 15) is 0 Å². The zero-order valence-electron chi connectivity index (χ0n) is 13.9. The highest BCUT2D eigenvalue weighted by Gasteiger charge is 2.43. The number of benzene rings is 2. The molecule has 2 aromatic carbocycles. The number of nitrogens with one attached hydrogen (secondary N) is 2. The monoisotopic (exact) mass is 318 g/mol. The first-order chi connectivity index (χ1) is 11.8. The third-order valence-electron chi connectivity index (χ3n) is 4.57. The van der Waals surface area contributed by atoms with Crippen LogP contribution in [0.3, 0.4) is 0 Å². The Kier molecular flexibility index (Phi) is 4.81. The molecule has 0 spiro atoms. The highest BCUT2D eigenvalue weighted by Crippen LogP contribution is 2.47. The summed E-state index contributed by atoms with van der Waals surface area (Å²) in [4.78, 5) is 4.30. The quantitative estimate of drug-likeness (QED) is 0.658. The molecule has 122 valence electrons. The van der Waals surface area contributed by atoms with Crippen molar-refractivity contribution in [3.63, 3.8) is 0 Å². The summed E-state index contributed by atoms with van der Waals surface area (Å²) in [6.45, 7) is 1.53. The second kappa shape index (κ2) is 7.18. The largest absolute Gasteiger partial charge is 0.356 e. The molecule has 1 aliphatic rings. The molecule has 0 radical (unpaired) electrons. The van der Waals surface area contributed by atoms with Crippen LogP contribution in [-0.4, -0.2) is 19.6 Å². The molecule has 0 aliphatic heterocycles. The van der Waals surface area contributed by atoms with Crippen LogP contribution in [0.2, 0.25) is 0 Å². The van der Waals surface area contributed by atoms with Crippen LogP contribution in [0.15, 0.2) is 59.6 Å². The van der Waals surface area contributed by atoms with E-state index in [4.69, 9.17) is 5.26 Å². The van der Waals surface area contributed by atoms with E-state index >= 15 is 0 Å². The number of nitriles is 1. The summed E-state index contributed by atoms with van der Waals surface area (Å²) in [6.07, 6.45) is 2.43. The van der Waals surface area contributed by atoms with Crippen LogP contribution in [0.5, 0.6) is 0 Å². The van der Waals surface area contributed by atoms with Gasteiger partial charge in [0.2, 0.25) is 0 Å². The summed E-state index contributed by atoms with van der Waals surface area (Å²) in [5.74, 6) is 0.791. The Morgan fingerprint density at radius 2 is 1.92 bits per heavy atom. The molecule has 4 nitrogen and oxygen atoms in total. The van der Waals surface area contributed by atoms with E-state index in [2.05, 4.69) is 52.0 Å². The molecule has 0 bridgehead atoms. The maximum Gasteiger partial charge on any atom is 0.191 e. The first-order valence-electron chi connectivity index (χ1n) is 8.25. The maximum absolute atomic E-state index is 8.97. The minimum absolute atomic E-state index is 0.250. The van der Waals surface area contributed by atoms with Gasteiger partial charge >= 0.3 is 0 Å². The highest BCUT2D eigenvalue weighted by atomic mass is 15.2. The number of hydrogen-bond acceptors (Lipinski definition) is 2. The van der Waals surface area contributed by atoms with E-state index < -0.39 is 0 Å². The number of guanidine groups is 1. The van der Waals surface area contributed by atoms with Crippen molar-refractivity contribution in [3.8, 4) is 6.07 Å². The average Bonchev–Trinajstić information content (AvgIpc) is 3.44. The molecule has 1 saturated carbocycles. The molecule has 1 fully saturated rings. The van der Waals surface area contributed by atoms with Crippen LogP contribution in [0.1, 0.15) is 29.5 Å². The van der Waals surface area contributed by atoms with Crippen molar-refractivity contribution in [3.05, 3.63) is 71.3 Å². The predicted octanol–water partition coefficient (Wildman–Crippen LogP) is 2.96. The second-order valence-corrected chi connectivity index (χ2v) is 6.24. The molecule has 0 aromatic heterocycles. The van der Waals surface area contributed by atoms with E-state index in [-0.39, 0.29) is 5.41 Å². The van der Waals surface area contributed by atoms with Gasteiger partial charge in [-0.1, -0.05) is 42.5 Å². The minimum atomic E-state index is 0.250. The van der Waals surface area contributed by atoms with Gasteiger partial charge < -0.3 is 10.6 Å². The lowest BCUT2D eigenvalue weighted by Crippen LogP contribution is -2.40. The molecule has 0 saturated heterocycles. The second-order valence-electron chi connectivity index (χ2n) is 6.24. The van der Waals surface area contributed by atoms with Gasteiger partial charge in [-0.05, 0) is 36.1 Å². The smallest absolute Gasteiger partial charge is 0.191 e. The lowest BCUT2D eigenvalue weighted by molar-refractivity contribution is 0.645. The third kappa shape index (κ3) is 3.75. The van der Waals surface area contributed by atoms with Crippen LogP contribution in [0, 0.1) is 11.3 Å². The lowest BCUT2D eigenvalue weighted by Gasteiger charge is -2.19. The van der Waals surface area contributed by atoms with Gasteiger partial charge in [-0.25, -0.2) is 0 Å². The van der Waals surface area contributed by atoms with E-state index in [1.54, 1.807) is 7.05 Å². The first-order valence-corrected chi connectivity index (χ1v) is 8.25. The Morgan fingerprint density at radius 3 is 2.58 bits per heavy atom. The summed E-state index contributed by atoms with van der Waals surface area (Å²) < 4.78 is 0. The van der Waals surface area contributed by atoms with E-state index in [1.807, 2.05) is 24.3 Å². The highest BCUT2D eigenvalue weighted by molar-refractivity contribution is 5.79. The van der Waals surface area contributed by atoms with Gasteiger partial charge in [0.25, 0.3) is 0 Å². The lowest BCUT2D eigenvalue weighted by atomic mass is 9.96. The summed E-state index contributed by atoms with van der Waals surface area (Å²) in [5.41, 5.74) is 3.40. The Bertz CT molecular complexity index is 755. The van der Waals surface area contributed by atoms with Crippen molar-refractivity contribution in [2.75, 3.05) is 13.6 Å². The fourth-order valence-corrected chi connectivity index (χ4v) is 2.92.